The average molecular weight is 609 g/mol. The minimum atomic E-state index is -3.95. The first-order chi connectivity index (χ1) is 18.2. The molecule has 2 N–H and O–H groups in total. The summed E-state index contributed by atoms with van der Waals surface area (Å²) in [5.74, 6) is 0.921. The van der Waals surface area contributed by atoms with E-state index in [0.29, 0.717) is 40.2 Å². The molecule has 4 rings (SSSR count). The molecule has 6 nitrogen and oxygen atoms in total. The van der Waals surface area contributed by atoms with Crippen molar-refractivity contribution in [2.75, 3.05) is 6.61 Å². The fourth-order valence-corrected chi connectivity index (χ4v) is 6.83. The fourth-order valence-electron chi connectivity index (χ4n) is 4.61. The molecule has 0 spiro atoms. The molecule has 1 aliphatic rings. The van der Waals surface area contributed by atoms with Crippen LogP contribution < -0.4 is 14.8 Å². The van der Waals surface area contributed by atoms with Crippen LogP contribution in [0.25, 0.3) is 0 Å². The van der Waals surface area contributed by atoms with E-state index in [4.69, 9.17) is 44.5 Å². The van der Waals surface area contributed by atoms with E-state index in [-0.39, 0.29) is 16.0 Å². The van der Waals surface area contributed by atoms with Crippen molar-refractivity contribution in [3.05, 3.63) is 92.4 Å². The molecule has 1 unspecified atom stereocenters. The van der Waals surface area contributed by atoms with E-state index in [2.05, 4.69) is 17.0 Å². The number of halogens is 3. The summed E-state index contributed by atoms with van der Waals surface area (Å²) in [6.45, 7) is 9.62. The summed E-state index contributed by atoms with van der Waals surface area (Å²) in [5.41, 5.74) is 1.21. The molecule has 0 aromatic heterocycles. The first-order valence-electron chi connectivity index (χ1n) is 12.6. The quantitative estimate of drug-likeness (QED) is 0.291. The predicted octanol–water partition coefficient (Wildman–Crippen LogP) is 7.52. The van der Waals surface area contributed by atoms with E-state index < -0.39 is 21.1 Å². The zero-order valence-electron chi connectivity index (χ0n) is 22.5. The normalized spacial score (nSPS) is 19.8. The molecule has 1 aliphatic heterocycles. The van der Waals surface area contributed by atoms with Crippen molar-refractivity contribution in [2.24, 2.45) is 4.99 Å². The first-order valence-corrected chi connectivity index (χ1v) is 15.2. The van der Waals surface area contributed by atoms with Crippen LogP contribution in [0.4, 0.5) is 0 Å². The minimum Gasteiger partial charge on any atom is -0.493 e. The maximum absolute atomic E-state index is 13.3. The van der Waals surface area contributed by atoms with Crippen LogP contribution in [0.5, 0.6) is 5.75 Å². The third kappa shape index (κ3) is 6.90. The highest BCUT2D eigenvalue weighted by Gasteiger charge is 2.37. The molecule has 0 aliphatic carbocycles. The van der Waals surface area contributed by atoms with Gasteiger partial charge in [-0.2, -0.15) is 0 Å². The van der Waals surface area contributed by atoms with Gasteiger partial charge >= 0.3 is 0 Å². The second-order valence-corrected chi connectivity index (χ2v) is 13.7. The zero-order valence-corrected chi connectivity index (χ0v) is 25.6. The van der Waals surface area contributed by atoms with E-state index in [9.17, 15) is 8.42 Å². The Morgan fingerprint density at radius 1 is 1.03 bits per heavy atom. The van der Waals surface area contributed by atoms with Gasteiger partial charge in [-0.3, -0.25) is 4.99 Å². The van der Waals surface area contributed by atoms with Crippen LogP contribution in [0.2, 0.25) is 15.1 Å². The van der Waals surface area contributed by atoms with Crippen LogP contribution in [0, 0.1) is 0 Å². The van der Waals surface area contributed by atoms with Gasteiger partial charge in [0.1, 0.15) is 16.5 Å². The largest absolute Gasteiger partial charge is 0.493 e. The number of sulfonamides is 1. The lowest BCUT2D eigenvalue weighted by Gasteiger charge is -2.40. The number of nitrogens with one attached hydrogen (secondary N) is 2. The molecule has 3 aromatic rings. The van der Waals surface area contributed by atoms with Crippen LogP contribution in [0.1, 0.15) is 63.8 Å². The monoisotopic (exact) mass is 607 g/mol. The maximum Gasteiger partial charge on any atom is 0.242 e. The topological polar surface area (TPSA) is 79.8 Å². The van der Waals surface area contributed by atoms with Crippen molar-refractivity contribution in [3.63, 3.8) is 0 Å². The molecule has 1 heterocycles. The minimum absolute atomic E-state index is 0.0520. The third-order valence-electron chi connectivity index (χ3n) is 6.34. The van der Waals surface area contributed by atoms with Gasteiger partial charge in [-0.25, -0.2) is 13.1 Å². The molecule has 2 atom stereocenters. The summed E-state index contributed by atoms with van der Waals surface area (Å²) < 4.78 is 35.3. The van der Waals surface area contributed by atoms with Gasteiger partial charge in [0.05, 0.1) is 28.8 Å². The van der Waals surface area contributed by atoms with Crippen LogP contribution >= 0.6 is 34.8 Å². The van der Waals surface area contributed by atoms with Crippen LogP contribution in [0.15, 0.2) is 70.6 Å². The van der Waals surface area contributed by atoms with Gasteiger partial charge in [0.15, 0.2) is 0 Å². The Balaban J connectivity index is 1.91. The van der Waals surface area contributed by atoms with Crippen molar-refractivity contribution >= 4 is 50.7 Å². The van der Waals surface area contributed by atoms with Crippen molar-refractivity contribution in [1.82, 2.24) is 10.0 Å². The fraction of sp³-hybridized carbons (Fsp3) is 0.345. The van der Waals surface area contributed by atoms with Crippen LogP contribution in [-0.4, -0.2) is 26.4 Å². The molecule has 0 amide bonds. The van der Waals surface area contributed by atoms with Crippen LogP contribution in [0.3, 0.4) is 0 Å². The van der Waals surface area contributed by atoms with Crippen molar-refractivity contribution in [3.8, 4) is 5.75 Å². The molecule has 208 valence electrons. The Morgan fingerprint density at radius 2 is 1.62 bits per heavy atom. The maximum atomic E-state index is 13.3. The highest BCUT2D eigenvalue weighted by Crippen LogP contribution is 2.40. The SMILES string of the molecule is CCOc1cc(Cl)c(S(=O)(=O)NC(C)(C)C)cc1C1=NC(c2ccc(Cl)cc2)C[C@](C)(c2ccc(Cl)cc2)N1. The Morgan fingerprint density at radius 3 is 2.18 bits per heavy atom. The Bertz CT molecular complexity index is 1490. The lowest BCUT2D eigenvalue weighted by atomic mass is 9.82. The summed E-state index contributed by atoms with van der Waals surface area (Å²) in [7, 11) is -3.95. The first kappa shape index (κ1) is 29.7. The Hall–Kier alpha value is -2.29. The molecule has 0 bridgehead atoms. The predicted molar refractivity (Wildman–Crippen MR) is 160 cm³/mol. The van der Waals surface area contributed by atoms with E-state index in [0.717, 1.165) is 11.1 Å². The van der Waals surface area contributed by atoms with Crippen molar-refractivity contribution in [2.45, 2.75) is 63.1 Å². The molecule has 0 fully saturated rings. The average Bonchev–Trinajstić information content (AvgIpc) is 2.83. The standard InChI is InChI=1S/C29H32Cl3N3O3S/c1-6-38-25-16-23(32)26(39(36,37)35-28(2,3)4)15-22(25)27-33-24(18-7-11-20(30)12-8-18)17-29(5,34-27)19-9-13-21(31)14-10-19/h7-16,24,35H,6,17H2,1-5H3,(H,33,34)/t24?,29-/m1/s1. The third-order valence-corrected chi connectivity index (χ3v) is 9.06. The number of rotatable bonds is 7. The van der Waals surface area contributed by atoms with Gasteiger partial charge in [0.2, 0.25) is 10.0 Å². The number of hydrogen-bond donors (Lipinski definition) is 2. The van der Waals surface area contributed by atoms with E-state index in [1.807, 2.05) is 55.5 Å². The van der Waals surface area contributed by atoms with Crippen molar-refractivity contribution < 1.29 is 13.2 Å². The molecule has 39 heavy (non-hydrogen) atoms. The van der Waals surface area contributed by atoms with Gasteiger partial charge < -0.3 is 10.1 Å². The summed E-state index contributed by atoms with van der Waals surface area (Å²) in [5, 5.41) is 4.91. The molecule has 10 heteroatoms. The van der Waals surface area contributed by atoms with Gasteiger partial charge in [-0.1, -0.05) is 59.1 Å². The highest BCUT2D eigenvalue weighted by molar-refractivity contribution is 7.89. The summed E-state index contributed by atoms with van der Waals surface area (Å²) in [6.07, 6.45) is 0.633. The Kier molecular flexibility index (Phi) is 8.60. The van der Waals surface area contributed by atoms with E-state index >= 15 is 0 Å². The second-order valence-electron chi connectivity index (χ2n) is 10.8. The number of hydrogen-bond acceptors (Lipinski definition) is 5. The van der Waals surface area contributed by atoms with Gasteiger partial charge in [-0.05, 0) is 76.1 Å². The number of amidine groups is 1. The molecule has 0 saturated carbocycles. The Labute approximate surface area is 245 Å². The van der Waals surface area contributed by atoms with Crippen molar-refractivity contribution in [1.29, 1.82) is 0 Å². The van der Waals surface area contributed by atoms with Gasteiger partial charge in [0, 0.05) is 28.1 Å². The zero-order chi connectivity index (χ0) is 28.6. The molecule has 0 radical (unpaired) electrons. The van der Waals surface area contributed by atoms with Gasteiger partial charge in [-0.15, -0.1) is 0 Å². The molecular formula is C29H32Cl3N3O3S. The number of benzene rings is 3. The molecule has 0 saturated heterocycles. The van der Waals surface area contributed by atoms with Gasteiger partial charge in [0.25, 0.3) is 0 Å². The van der Waals surface area contributed by atoms with Crippen LogP contribution in [-0.2, 0) is 15.6 Å². The highest BCUT2D eigenvalue weighted by atomic mass is 35.5. The molecular weight excluding hydrogens is 577 g/mol. The lowest BCUT2D eigenvalue weighted by Crippen LogP contribution is -2.48. The summed E-state index contributed by atoms with van der Waals surface area (Å²) in [4.78, 5) is 5.01. The van der Waals surface area contributed by atoms with E-state index in [1.165, 1.54) is 12.1 Å². The summed E-state index contributed by atoms with van der Waals surface area (Å²) >= 11 is 18.9. The van der Waals surface area contributed by atoms with E-state index in [1.54, 1.807) is 20.8 Å². The number of nitrogens with zero attached hydrogens (tertiary/aromatic N) is 1. The molecule has 3 aromatic carbocycles. The number of ether oxygens (including phenoxy) is 1. The summed E-state index contributed by atoms with van der Waals surface area (Å²) in [6, 6.07) is 18.1. The lowest BCUT2D eigenvalue weighted by molar-refractivity contribution is 0.333. The second kappa shape index (κ2) is 11.3. The smallest absolute Gasteiger partial charge is 0.242 e. The number of aliphatic imine (C=N–C) groups is 1.